The number of hydrogen-bond acceptors (Lipinski definition) is 4. The smallest absolute Gasteiger partial charge is 0.313 e. The predicted molar refractivity (Wildman–Crippen MR) is 56.7 cm³/mol. The van der Waals surface area contributed by atoms with Crippen molar-refractivity contribution in [3.05, 3.63) is 0 Å². The molecule has 0 radical (unpaired) electrons. The first-order valence-electron chi connectivity index (χ1n) is 4.20. The van der Waals surface area contributed by atoms with Gasteiger partial charge in [0.1, 0.15) is 0 Å². The molecule has 0 aliphatic carbocycles. The number of likely N-dealkylation sites (N-methyl/N-ethyl adjacent to an activating group) is 1. The molecule has 86 valence electrons. The van der Waals surface area contributed by atoms with Crippen molar-refractivity contribution in [2.45, 2.75) is 0 Å². The van der Waals surface area contributed by atoms with Crippen LogP contribution in [0.25, 0.3) is 0 Å². The van der Waals surface area contributed by atoms with Crippen LogP contribution in [0.2, 0.25) is 0 Å². The fraction of sp³-hybridized carbons (Fsp3) is 0.625. The SMILES string of the molecule is CN(C)C(=O)CNC(=O)CSCC(=O)O. The number of carbonyl (C=O) groups excluding carboxylic acids is 2. The van der Waals surface area contributed by atoms with E-state index in [1.54, 1.807) is 14.1 Å². The molecule has 0 atom stereocenters. The Morgan fingerprint density at radius 2 is 1.87 bits per heavy atom. The van der Waals surface area contributed by atoms with Crippen molar-refractivity contribution >= 4 is 29.5 Å². The van der Waals surface area contributed by atoms with Gasteiger partial charge in [0.05, 0.1) is 18.1 Å². The minimum atomic E-state index is -0.961. The first-order valence-corrected chi connectivity index (χ1v) is 5.35. The second kappa shape index (κ2) is 7.10. The molecule has 0 saturated carbocycles. The Morgan fingerprint density at radius 3 is 2.33 bits per heavy atom. The quantitative estimate of drug-likeness (QED) is 0.616. The standard InChI is InChI=1S/C8H14N2O4S/c1-10(2)7(12)3-9-6(11)4-15-5-8(13)14/h3-5H2,1-2H3,(H,9,11)(H,13,14). The van der Waals surface area contributed by atoms with Crippen LogP contribution in [-0.2, 0) is 14.4 Å². The number of rotatable bonds is 6. The molecule has 0 rings (SSSR count). The van der Waals surface area contributed by atoms with E-state index in [1.165, 1.54) is 4.90 Å². The van der Waals surface area contributed by atoms with Gasteiger partial charge in [0.25, 0.3) is 0 Å². The fourth-order valence-corrected chi connectivity index (χ4v) is 1.18. The summed E-state index contributed by atoms with van der Waals surface area (Å²) < 4.78 is 0. The van der Waals surface area contributed by atoms with Gasteiger partial charge in [0.2, 0.25) is 11.8 Å². The molecule has 15 heavy (non-hydrogen) atoms. The summed E-state index contributed by atoms with van der Waals surface area (Å²) in [6.07, 6.45) is 0. The van der Waals surface area contributed by atoms with Crippen LogP contribution in [0, 0.1) is 0 Å². The maximum absolute atomic E-state index is 11.1. The summed E-state index contributed by atoms with van der Waals surface area (Å²) in [5.74, 6) is -1.57. The van der Waals surface area contributed by atoms with Gasteiger partial charge in [-0.2, -0.15) is 0 Å². The van der Waals surface area contributed by atoms with Crippen molar-refractivity contribution in [2.75, 3.05) is 32.1 Å². The molecule has 6 nitrogen and oxygen atoms in total. The summed E-state index contributed by atoms with van der Waals surface area (Å²) in [4.78, 5) is 33.6. The van der Waals surface area contributed by atoms with Gasteiger partial charge in [-0.3, -0.25) is 14.4 Å². The highest BCUT2D eigenvalue weighted by atomic mass is 32.2. The van der Waals surface area contributed by atoms with Gasteiger partial charge in [-0.25, -0.2) is 0 Å². The van der Waals surface area contributed by atoms with Gasteiger partial charge in [-0.05, 0) is 0 Å². The van der Waals surface area contributed by atoms with E-state index < -0.39 is 5.97 Å². The average molecular weight is 234 g/mol. The molecule has 2 amide bonds. The first-order chi connectivity index (χ1) is 6.93. The van der Waals surface area contributed by atoms with Crippen molar-refractivity contribution < 1.29 is 19.5 Å². The number of carboxylic acid groups (broad SMARTS) is 1. The second-order valence-corrected chi connectivity index (χ2v) is 3.94. The molecule has 0 aromatic carbocycles. The average Bonchev–Trinajstić information content (AvgIpc) is 2.13. The minimum Gasteiger partial charge on any atom is -0.481 e. The summed E-state index contributed by atoms with van der Waals surface area (Å²) in [6.45, 7) is -0.0561. The summed E-state index contributed by atoms with van der Waals surface area (Å²) >= 11 is 0.993. The number of carbonyl (C=O) groups is 3. The Bertz CT molecular complexity index is 255. The van der Waals surface area contributed by atoms with Crippen LogP contribution in [-0.4, -0.2) is 59.9 Å². The van der Waals surface area contributed by atoms with E-state index in [-0.39, 0.29) is 29.9 Å². The van der Waals surface area contributed by atoms with E-state index in [0.717, 1.165) is 11.8 Å². The van der Waals surface area contributed by atoms with E-state index in [9.17, 15) is 14.4 Å². The number of thioether (sulfide) groups is 1. The molecule has 0 aromatic heterocycles. The van der Waals surface area contributed by atoms with Crippen molar-refractivity contribution in [1.29, 1.82) is 0 Å². The molecular weight excluding hydrogens is 220 g/mol. The molecule has 0 aliphatic rings. The molecule has 7 heteroatoms. The van der Waals surface area contributed by atoms with Gasteiger partial charge < -0.3 is 15.3 Å². The summed E-state index contributed by atoms with van der Waals surface area (Å²) in [5, 5.41) is 10.7. The zero-order valence-corrected chi connectivity index (χ0v) is 9.47. The Balaban J connectivity index is 3.58. The van der Waals surface area contributed by atoms with Gasteiger partial charge in [-0.15, -0.1) is 11.8 Å². The maximum Gasteiger partial charge on any atom is 0.313 e. The van der Waals surface area contributed by atoms with Crippen LogP contribution in [0.1, 0.15) is 0 Å². The highest BCUT2D eigenvalue weighted by Gasteiger charge is 2.07. The minimum absolute atomic E-state index is 0.0486. The number of amides is 2. The van der Waals surface area contributed by atoms with Crippen LogP contribution < -0.4 is 5.32 Å². The monoisotopic (exact) mass is 234 g/mol. The topological polar surface area (TPSA) is 86.7 Å². The molecule has 0 heterocycles. The third kappa shape index (κ3) is 7.80. The van der Waals surface area contributed by atoms with E-state index in [1.807, 2.05) is 0 Å². The molecule has 0 fully saturated rings. The van der Waals surface area contributed by atoms with Gasteiger partial charge in [0, 0.05) is 14.1 Å². The largest absolute Gasteiger partial charge is 0.481 e. The summed E-state index contributed by atoms with van der Waals surface area (Å²) in [7, 11) is 3.18. The van der Waals surface area contributed by atoms with E-state index in [4.69, 9.17) is 5.11 Å². The lowest BCUT2D eigenvalue weighted by Gasteiger charge is -2.10. The molecule has 0 saturated heterocycles. The lowest BCUT2D eigenvalue weighted by Crippen LogP contribution is -2.37. The van der Waals surface area contributed by atoms with Gasteiger partial charge in [-0.1, -0.05) is 0 Å². The zero-order chi connectivity index (χ0) is 11.8. The molecule has 2 N–H and O–H groups in total. The van der Waals surface area contributed by atoms with Crippen molar-refractivity contribution in [1.82, 2.24) is 10.2 Å². The van der Waals surface area contributed by atoms with Gasteiger partial charge >= 0.3 is 5.97 Å². The second-order valence-electron chi connectivity index (χ2n) is 2.95. The molecule has 0 unspecified atom stereocenters. The van der Waals surface area contributed by atoms with Crippen molar-refractivity contribution in [3.63, 3.8) is 0 Å². The molecule has 0 spiro atoms. The molecule has 0 bridgehead atoms. The van der Waals surface area contributed by atoms with E-state index >= 15 is 0 Å². The Morgan fingerprint density at radius 1 is 1.27 bits per heavy atom. The van der Waals surface area contributed by atoms with Crippen LogP contribution in [0.3, 0.4) is 0 Å². The van der Waals surface area contributed by atoms with Crippen LogP contribution in [0.5, 0.6) is 0 Å². The summed E-state index contributed by atoms with van der Waals surface area (Å²) in [6, 6.07) is 0. The van der Waals surface area contributed by atoms with Crippen molar-refractivity contribution in [3.8, 4) is 0 Å². The number of hydrogen-bond donors (Lipinski definition) is 2. The highest BCUT2D eigenvalue weighted by molar-refractivity contribution is 8.00. The number of aliphatic carboxylic acids is 1. The van der Waals surface area contributed by atoms with Crippen LogP contribution >= 0.6 is 11.8 Å². The van der Waals surface area contributed by atoms with Crippen LogP contribution in [0.4, 0.5) is 0 Å². The van der Waals surface area contributed by atoms with Crippen molar-refractivity contribution in [2.24, 2.45) is 0 Å². The molecular formula is C8H14N2O4S. The zero-order valence-electron chi connectivity index (χ0n) is 8.65. The lowest BCUT2D eigenvalue weighted by atomic mass is 10.5. The van der Waals surface area contributed by atoms with E-state index in [0.29, 0.717) is 0 Å². The third-order valence-electron chi connectivity index (χ3n) is 1.39. The molecule has 0 aliphatic heterocycles. The predicted octanol–water partition coefficient (Wildman–Crippen LogP) is -0.991. The normalized spacial score (nSPS) is 9.47. The fourth-order valence-electron chi connectivity index (χ4n) is 0.614. The van der Waals surface area contributed by atoms with E-state index in [2.05, 4.69) is 5.32 Å². The highest BCUT2D eigenvalue weighted by Crippen LogP contribution is 1.97. The maximum atomic E-state index is 11.1. The number of nitrogens with one attached hydrogen (secondary N) is 1. The Labute approximate surface area is 92.0 Å². The van der Waals surface area contributed by atoms with Crippen LogP contribution in [0.15, 0.2) is 0 Å². The molecule has 0 aromatic rings. The summed E-state index contributed by atoms with van der Waals surface area (Å²) in [5.41, 5.74) is 0. The number of nitrogens with zero attached hydrogens (tertiary/aromatic N) is 1. The Kier molecular flexibility index (Phi) is 6.52. The third-order valence-corrected chi connectivity index (χ3v) is 2.31. The first kappa shape index (κ1) is 13.8. The lowest BCUT2D eigenvalue weighted by molar-refractivity contribution is -0.134. The Hall–Kier alpha value is -1.24. The van der Waals surface area contributed by atoms with Gasteiger partial charge in [0.15, 0.2) is 0 Å². The number of carboxylic acids is 1.